The second-order valence-corrected chi connectivity index (χ2v) is 28.1. The number of carbonyl (C=O) groups is 6. The van der Waals surface area contributed by atoms with Gasteiger partial charge in [0.15, 0.2) is 0 Å². The Morgan fingerprint density at radius 2 is 0.824 bits per heavy atom. The number of Topliss-reactive ketones (excluding diaryl/α,β-unsaturated/α-hetero) is 4. The third-order valence-corrected chi connectivity index (χ3v) is 16.6. The number of nitro benzene ring substituents is 1. The molecule has 458 valence electrons. The highest BCUT2D eigenvalue weighted by atomic mass is 35.5. The molecule has 17 heteroatoms. The fraction of sp³-hybridized carbons (Fsp3) is 0.529. The summed E-state index contributed by atoms with van der Waals surface area (Å²) in [6, 6.07) is 23.6. The van der Waals surface area contributed by atoms with Crippen LogP contribution in [0.1, 0.15) is 207 Å². The summed E-state index contributed by atoms with van der Waals surface area (Å²) < 4.78 is 0. The van der Waals surface area contributed by atoms with Crippen LogP contribution in [0, 0.1) is 33.8 Å². The lowest BCUT2D eigenvalue weighted by molar-refractivity contribution is -0.384. The number of aromatic amines is 2. The van der Waals surface area contributed by atoms with E-state index in [1.165, 1.54) is 17.2 Å². The Morgan fingerprint density at radius 3 is 1.16 bits per heavy atom. The number of hydrogen-bond donors (Lipinski definition) is 5. The second kappa shape index (κ2) is 28.0. The number of aromatic nitrogens is 4. The normalized spacial score (nSPS) is 15.8. The molecule has 0 radical (unpaired) electrons. The number of ketones is 4. The number of H-pyrrole nitrogens is 2. The summed E-state index contributed by atoms with van der Waals surface area (Å²) in [6.45, 7) is 25.6. The molecule has 2 heterocycles. The molecule has 4 aromatic carbocycles. The molecule has 10 rings (SSSR count). The predicted molar refractivity (Wildman–Crippen MR) is 341 cm³/mol. The number of hydrogen-bond acceptors (Lipinski definition) is 11. The van der Waals surface area contributed by atoms with E-state index in [9.17, 15) is 38.9 Å². The van der Waals surface area contributed by atoms with E-state index in [4.69, 9.17) is 5.73 Å². The van der Waals surface area contributed by atoms with Crippen LogP contribution in [-0.2, 0) is 63.3 Å². The van der Waals surface area contributed by atoms with Crippen LogP contribution in [0.4, 0.5) is 22.7 Å². The molecule has 4 saturated carbocycles. The first-order valence-corrected chi connectivity index (χ1v) is 30.1. The number of nitrogens with two attached hydrogens (primary N) is 1. The van der Waals surface area contributed by atoms with E-state index in [1.54, 1.807) is 12.1 Å². The van der Waals surface area contributed by atoms with Gasteiger partial charge in [0.2, 0.25) is 11.8 Å². The number of halogens is 1. The summed E-state index contributed by atoms with van der Waals surface area (Å²) >= 11 is 0. The lowest BCUT2D eigenvalue weighted by atomic mass is 9.81. The summed E-state index contributed by atoms with van der Waals surface area (Å²) in [6.07, 6.45) is 11.6. The maximum atomic E-state index is 12.0. The zero-order chi connectivity index (χ0) is 61.5. The fourth-order valence-corrected chi connectivity index (χ4v) is 10.6. The van der Waals surface area contributed by atoms with Gasteiger partial charge in [-0.15, -0.1) is 12.4 Å². The molecule has 0 atom stereocenters. The number of nitro groups is 1. The van der Waals surface area contributed by atoms with Crippen LogP contribution in [0.3, 0.4) is 0 Å². The fourth-order valence-electron chi connectivity index (χ4n) is 10.6. The van der Waals surface area contributed by atoms with Crippen molar-refractivity contribution in [1.82, 2.24) is 19.9 Å². The maximum Gasteiger partial charge on any atom is 0.293 e. The number of rotatable bonds is 15. The standard InChI is InChI=1S/C17H22N2O4.C17H24N2O2.2C17H22N2O.ClH/c1-17(2,3)12-5-6-14(15(10-12)19(22)23)18-16(21)7-4-11-8-13(20)9-11;1-17(2,3)12-5-6-15(14(18)10-12)19-16(21)7-4-11-8-13(20)9-11;2*1-17(2,3)12-5-6-14-15(10-12)19-16(18-14)7-4-11-8-13(20)9-11;/h5-6,10-11H,4,7-9H2,1-3H3,(H,18,21);5-6,10-11H,4,7-9,18H2,1-3H3,(H,19,21);2*5-6,10-11H,4,7-9H2,1-3H3,(H,18,19);1H. The monoisotopic (exact) mass is 1180 g/mol. The smallest absolute Gasteiger partial charge is 0.293 e. The third-order valence-electron chi connectivity index (χ3n) is 16.6. The minimum absolute atomic E-state index is 0. The average molecular weight is 1180 g/mol. The largest absolute Gasteiger partial charge is 0.397 e. The average Bonchev–Trinajstić information content (AvgIpc) is 3.12. The van der Waals surface area contributed by atoms with Gasteiger partial charge in [-0.1, -0.05) is 107 Å². The Kier molecular flexibility index (Phi) is 22.1. The summed E-state index contributed by atoms with van der Waals surface area (Å²) in [5, 5.41) is 16.7. The molecule has 2 aromatic heterocycles. The SMILES string of the molecule is CC(C)(C)c1ccc(NC(=O)CCC2CC(=O)C2)c(N)c1.CC(C)(C)c1ccc(NC(=O)CCC2CC(=O)C2)c([N+](=O)[O-])c1.CC(C)(C)c1ccc2nc(CCC3CC(=O)C3)[nH]c2c1.CC(C)(C)c1ccc2nc(CCC3CC(=O)C3)[nH]c2c1.Cl. The van der Waals surface area contributed by atoms with Crippen molar-refractivity contribution in [2.75, 3.05) is 16.4 Å². The first-order valence-electron chi connectivity index (χ1n) is 30.1. The summed E-state index contributed by atoms with van der Waals surface area (Å²) in [7, 11) is 0. The first kappa shape index (κ1) is 67.1. The van der Waals surface area contributed by atoms with Crippen molar-refractivity contribution in [3.05, 3.63) is 117 Å². The summed E-state index contributed by atoms with van der Waals surface area (Å²) in [5.74, 6) is 5.02. The molecule has 6 N–H and O–H groups in total. The minimum atomic E-state index is -0.477. The van der Waals surface area contributed by atoms with Crippen molar-refractivity contribution < 1.29 is 33.7 Å². The molecule has 0 saturated heterocycles. The van der Waals surface area contributed by atoms with Gasteiger partial charge >= 0.3 is 0 Å². The molecule has 4 fully saturated rings. The topological polar surface area (TPSA) is 253 Å². The van der Waals surface area contributed by atoms with Crippen molar-refractivity contribution >= 4 is 92.2 Å². The van der Waals surface area contributed by atoms with E-state index >= 15 is 0 Å². The van der Waals surface area contributed by atoms with Crippen molar-refractivity contribution in [3.63, 3.8) is 0 Å². The van der Waals surface area contributed by atoms with Crippen molar-refractivity contribution in [2.45, 2.75) is 207 Å². The number of aryl methyl sites for hydroxylation is 2. The van der Waals surface area contributed by atoms with Crippen molar-refractivity contribution in [2.24, 2.45) is 23.7 Å². The van der Waals surface area contributed by atoms with E-state index in [1.807, 2.05) is 39.0 Å². The van der Waals surface area contributed by atoms with E-state index in [0.717, 1.165) is 103 Å². The van der Waals surface area contributed by atoms with Gasteiger partial charge in [-0.25, -0.2) is 9.97 Å². The Hall–Kier alpha value is -7.07. The number of nitrogens with zero attached hydrogens (tertiary/aromatic N) is 3. The van der Waals surface area contributed by atoms with Crippen LogP contribution in [0.25, 0.3) is 22.1 Å². The Bertz CT molecular complexity index is 3260. The van der Waals surface area contributed by atoms with Gasteiger partial charge in [-0.3, -0.25) is 38.9 Å². The van der Waals surface area contributed by atoms with E-state index in [0.29, 0.717) is 85.0 Å². The Labute approximate surface area is 507 Å². The van der Waals surface area contributed by atoms with Crippen LogP contribution < -0.4 is 16.4 Å². The predicted octanol–water partition coefficient (Wildman–Crippen LogP) is 14.8. The highest BCUT2D eigenvalue weighted by molar-refractivity contribution is 5.95. The van der Waals surface area contributed by atoms with E-state index < -0.39 is 4.92 Å². The zero-order valence-corrected chi connectivity index (χ0v) is 53.0. The maximum absolute atomic E-state index is 12.0. The highest BCUT2D eigenvalue weighted by Gasteiger charge is 2.30. The third kappa shape index (κ3) is 19.5. The van der Waals surface area contributed by atoms with Gasteiger partial charge in [0.25, 0.3) is 5.69 Å². The number of amides is 2. The molecule has 4 aliphatic carbocycles. The number of fused-ring (bicyclic) bond motifs is 2. The molecule has 0 bridgehead atoms. The number of nitrogen functional groups attached to an aromatic ring is 1. The molecule has 16 nitrogen and oxygen atoms in total. The molecular weight excluding hydrogens is 1090 g/mol. The van der Waals surface area contributed by atoms with Crippen LogP contribution in [0.2, 0.25) is 0 Å². The Morgan fingerprint density at radius 1 is 0.506 bits per heavy atom. The number of imidazole rings is 2. The zero-order valence-electron chi connectivity index (χ0n) is 52.1. The lowest BCUT2D eigenvalue weighted by Gasteiger charge is -2.23. The number of anilines is 3. The van der Waals surface area contributed by atoms with E-state index in [2.05, 4.69) is 129 Å². The van der Waals surface area contributed by atoms with Gasteiger partial charge in [0.1, 0.15) is 40.5 Å². The molecule has 0 aliphatic heterocycles. The summed E-state index contributed by atoms with van der Waals surface area (Å²) in [4.78, 5) is 94.5. The molecule has 6 aromatic rings. The summed E-state index contributed by atoms with van der Waals surface area (Å²) in [5.41, 5.74) is 16.5. The van der Waals surface area contributed by atoms with Gasteiger partial charge in [-0.05, 0) is 136 Å². The molecular formula is C68H91ClN8O8. The molecule has 2 amide bonds. The van der Waals surface area contributed by atoms with Crippen LogP contribution in [0.15, 0.2) is 72.8 Å². The van der Waals surface area contributed by atoms with Crippen LogP contribution in [0.5, 0.6) is 0 Å². The van der Waals surface area contributed by atoms with Crippen LogP contribution >= 0.6 is 12.4 Å². The molecule has 4 aliphatic rings. The lowest BCUT2D eigenvalue weighted by Crippen LogP contribution is -2.24. The molecule has 85 heavy (non-hydrogen) atoms. The van der Waals surface area contributed by atoms with E-state index in [-0.39, 0.29) is 75.4 Å². The van der Waals surface area contributed by atoms with Gasteiger partial charge in [0, 0.05) is 83.1 Å². The Balaban J connectivity index is 0.000000181. The molecule has 0 unspecified atom stereocenters. The highest BCUT2D eigenvalue weighted by Crippen LogP contribution is 2.35. The van der Waals surface area contributed by atoms with Crippen LogP contribution in [-0.4, -0.2) is 59.8 Å². The first-order chi connectivity index (χ1) is 39.2. The number of nitrogens with one attached hydrogen (secondary N) is 4. The van der Waals surface area contributed by atoms with Crippen molar-refractivity contribution in [1.29, 1.82) is 0 Å². The van der Waals surface area contributed by atoms with Gasteiger partial charge < -0.3 is 26.3 Å². The van der Waals surface area contributed by atoms with Crippen molar-refractivity contribution in [3.8, 4) is 0 Å². The van der Waals surface area contributed by atoms with Gasteiger partial charge in [0.05, 0.1) is 38.4 Å². The van der Waals surface area contributed by atoms with Gasteiger partial charge in [-0.2, -0.15) is 0 Å². The second-order valence-electron chi connectivity index (χ2n) is 28.1. The number of carbonyl (C=O) groups excluding carboxylic acids is 6. The molecule has 0 spiro atoms. The quantitative estimate of drug-likeness (QED) is 0.0367. The minimum Gasteiger partial charge on any atom is -0.397 e. The number of benzene rings is 4.